The highest BCUT2D eigenvalue weighted by atomic mass is 16.5. The molecular formula is C16H17NO3. The molecule has 0 saturated carbocycles. The number of carbonyl (C=O) groups is 1. The third-order valence-corrected chi connectivity index (χ3v) is 2.88. The first-order chi connectivity index (χ1) is 9.65. The van der Waals surface area contributed by atoms with Crippen LogP contribution >= 0.6 is 0 Å². The second kappa shape index (κ2) is 6.82. The maximum atomic E-state index is 11.8. The normalized spacial score (nSPS) is 11.9. The minimum absolute atomic E-state index is 0.307. The van der Waals surface area contributed by atoms with E-state index in [9.17, 15) is 9.90 Å². The number of hydrogen-bond donors (Lipinski definition) is 1. The lowest BCUT2D eigenvalue weighted by Gasteiger charge is -2.06. The maximum Gasteiger partial charge on any atom is 0.345 e. The molecule has 1 unspecified atom stereocenters. The number of benzene rings is 1. The van der Waals surface area contributed by atoms with E-state index in [1.54, 1.807) is 37.4 Å². The molecule has 0 aliphatic rings. The van der Waals surface area contributed by atoms with E-state index in [0.29, 0.717) is 11.3 Å². The first-order valence-electron chi connectivity index (χ1n) is 6.54. The van der Waals surface area contributed by atoms with E-state index in [4.69, 9.17) is 4.74 Å². The van der Waals surface area contributed by atoms with Crippen LogP contribution in [0.4, 0.5) is 0 Å². The van der Waals surface area contributed by atoms with E-state index < -0.39 is 5.97 Å². The number of ether oxygens (including phenoxy) is 1. The molecule has 0 aliphatic carbocycles. The van der Waals surface area contributed by atoms with Crippen LogP contribution in [-0.2, 0) is 6.42 Å². The Morgan fingerprint density at radius 3 is 2.65 bits per heavy atom. The number of carbonyl (C=O) groups excluding carboxylic acids is 1. The van der Waals surface area contributed by atoms with E-state index in [2.05, 4.69) is 4.98 Å². The zero-order valence-corrected chi connectivity index (χ0v) is 11.3. The lowest BCUT2D eigenvalue weighted by molar-refractivity contribution is 0.0734. The fourth-order valence-corrected chi connectivity index (χ4v) is 1.75. The molecule has 0 bridgehead atoms. The van der Waals surface area contributed by atoms with Gasteiger partial charge in [-0.05, 0) is 49.6 Å². The average molecular weight is 271 g/mol. The van der Waals surface area contributed by atoms with Crippen molar-refractivity contribution in [2.75, 3.05) is 0 Å². The topological polar surface area (TPSA) is 59.4 Å². The van der Waals surface area contributed by atoms with Crippen LogP contribution in [-0.4, -0.2) is 22.2 Å². The molecule has 1 atom stereocenters. The van der Waals surface area contributed by atoms with Crippen LogP contribution in [0, 0.1) is 0 Å². The van der Waals surface area contributed by atoms with Crippen molar-refractivity contribution in [3.05, 3.63) is 59.9 Å². The molecule has 0 radical (unpaired) electrons. The summed E-state index contributed by atoms with van der Waals surface area (Å²) in [4.78, 5) is 15.7. The number of hydrogen-bond acceptors (Lipinski definition) is 4. The van der Waals surface area contributed by atoms with Crippen molar-refractivity contribution in [3.8, 4) is 5.75 Å². The van der Waals surface area contributed by atoms with Crippen molar-refractivity contribution in [2.24, 2.45) is 0 Å². The molecule has 0 amide bonds. The van der Waals surface area contributed by atoms with Crippen LogP contribution in [0.3, 0.4) is 0 Å². The molecule has 2 aromatic rings. The summed E-state index contributed by atoms with van der Waals surface area (Å²) < 4.78 is 5.25. The summed E-state index contributed by atoms with van der Waals surface area (Å²) in [6.07, 6.45) is 4.29. The molecule has 0 aliphatic heterocycles. The largest absolute Gasteiger partial charge is 0.423 e. The van der Waals surface area contributed by atoms with Gasteiger partial charge in [0.2, 0.25) is 0 Å². The molecule has 1 heterocycles. The van der Waals surface area contributed by atoms with Crippen LogP contribution in [0.15, 0.2) is 48.8 Å². The quantitative estimate of drug-likeness (QED) is 0.671. The van der Waals surface area contributed by atoms with Gasteiger partial charge in [0.25, 0.3) is 0 Å². The van der Waals surface area contributed by atoms with E-state index in [0.717, 1.165) is 18.4 Å². The molecule has 0 fully saturated rings. The first kappa shape index (κ1) is 14.2. The highest BCUT2D eigenvalue weighted by Crippen LogP contribution is 2.15. The molecule has 4 heteroatoms. The molecule has 1 N–H and O–H groups in total. The predicted octanol–water partition coefficient (Wildman–Crippen LogP) is 2.61. The van der Waals surface area contributed by atoms with Gasteiger partial charge in [0.1, 0.15) is 5.75 Å². The number of rotatable bonds is 5. The SMILES string of the molecule is CC(O)CCc1ccc(OC(=O)c2cccnc2)cc1. The number of aliphatic hydroxyl groups excluding tert-OH is 1. The van der Waals surface area contributed by atoms with Crippen LogP contribution in [0.5, 0.6) is 5.75 Å². The molecule has 1 aromatic heterocycles. The van der Waals surface area contributed by atoms with Crippen LogP contribution in [0.1, 0.15) is 29.3 Å². The number of nitrogens with zero attached hydrogens (tertiary/aromatic N) is 1. The van der Waals surface area contributed by atoms with Crippen molar-refractivity contribution in [1.29, 1.82) is 0 Å². The smallest absolute Gasteiger partial charge is 0.345 e. The van der Waals surface area contributed by atoms with Crippen LogP contribution in [0.2, 0.25) is 0 Å². The zero-order valence-electron chi connectivity index (χ0n) is 11.3. The molecule has 4 nitrogen and oxygen atoms in total. The van der Waals surface area contributed by atoms with Crippen molar-refractivity contribution >= 4 is 5.97 Å². The van der Waals surface area contributed by atoms with Gasteiger partial charge in [0.05, 0.1) is 11.7 Å². The number of aromatic nitrogens is 1. The molecule has 104 valence electrons. The highest BCUT2D eigenvalue weighted by molar-refractivity contribution is 5.90. The summed E-state index contributed by atoms with van der Waals surface area (Å²) in [5, 5.41) is 9.24. The van der Waals surface area contributed by atoms with Crippen molar-refractivity contribution in [3.63, 3.8) is 0 Å². The van der Waals surface area contributed by atoms with Crippen molar-refractivity contribution in [1.82, 2.24) is 4.98 Å². The van der Waals surface area contributed by atoms with Crippen molar-refractivity contribution < 1.29 is 14.6 Å². The molecule has 20 heavy (non-hydrogen) atoms. The monoisotopic (exact) mass is 271 g/mol. The standard InChI is InChI=1S/C16H17NO3/c1-12(18)4-5-13-6-8-15(9-7-13)20-16(19)14-3-2-10-17-11-14/h2-3,6-12,18H,4-5H2,1H3. The van der Waals surface area contributed by atoms with Gasteiger partial charge < -0.3 is 9.84 Å². The Bertz CT molecular complexity index is 550. The van der Waals surface area contributed by atoms with Crippen LogP contribution < -0.4 is 4.74 Å². The summed E-state index contributed by atoms with van der Waals surface area (Å²) >= 11 is 0. The van der Waals surface area contributed by atoms with Gasteiger partial charge in [-0.2, -0.15) is 0 Å². The predicted molar refractivity (Wildman–Crippen MR) is 75.6 cm³/mol. The van der Waals surface area contributed by atoms with Crippen LogP contribution in [0.25, 0.3) is 0 Å². The van der Waals surface area contributed by atoms with Gasteiger partial charge in [-0.15, -0.1) is 0 Å². The summed E-state index contributed by atoms with van der Waals surface area (Å²) in [6.45, 7) is 1.77. The van der Waals surface area contributed by atoms with E-state index >= 15 is 0 Å². The van der Waals surface area contributed by atoms with Gasteiger partial charge in [-0.1, -0.05) is 12.1 Å². The lowest BCUT2D eigenvalue weighted by atomic mass is 10.1. The van der Waals surface area contributed by atoms with E-state index in [1.807, 2.05) is 12.1 Å². The van der Waals surface area contributed by atoms with Gasteiger partial charge in [-0.25, -0.2) is 4.79 Å². The third-order valence-electron chi connectivity index (χ3n) is 2.88. The second-order valence-corrected chi connectivity index (χ2v) is 4.66. The third kappa shape index (κ3) is 4.17. The fourth-order valence-electron chi connectivity index (χ4n) is 1.75. The van der Waals surface area contributed by atoms with Gasteiger partial charge in [-0.3, -0.25) is 4.98 Å². The maximum absolute atomic E-state index is 11.8. The molecule has 2 rings (SSSR count). The Morgan fingerprint density at radius 1 is 1.30 bits per heavy atom. The first-order valence-corrected chi connectivity index (χ1v) is 6.54. The fraction of sp³-hybridized carbons (Fsp3) is 0.250. The Hall–Kier alpha value is -2.20. The second-order valence-electron chi connectivity index (χ2n) is 4.66. The number of esters is 1. The lowest BCUT2D eigenvalue weighted by Crippen LogP contribution is -2.08. The minimum atomic E-state index is -0.421. The Kier molecular flexibility index (Phi) is 4.85. The molecule has 1 aromatic carbocycles. The summed E-state index contributed by atoms with van der Waals surface area (Å²) in [5.41, 5.74) is 1.53. The molecular weight excluding hydrogens is 254 g/mol. The van der Waals surface area contributed by atoms with Gasteiger partial charge >= 0.3 is 5.97 Å². The number of aryl methyl sites for hydroxylation is 1. The average Bonchev–Trinajstić information content (AvgIpc) is 2.47. The number of pyridine rings is 1. The Labute approximate surface area is 118 Å². The van der Waals surface area contributed by atoms with Gasteiger partial charge in [0.15, 0.2) is 0 Å². The minimum Gasteiger partial charge on any atom is -0.423 e. The molecule has 0 spiro atoms. The summed E-state index contributed by atoms with van der Waals surface area (Å²) in [6, 6.07) is 10.7. The zero-order chi connectivity index (χ0) is 14.4. The Balaban J connectivity index is 1.95. The number of aliphatic hydroxyl groups is 1. The molecule has 0 saturated heterocycles. The van der Waals surface area contributed by atoms with E-state index in [-0.39, 0.29) is 6.10 Å². The summed E-state index contributed by atoms with van der Waals surface area (Å²) in [5.74, 6) is 0.0782. The van der Waals surface area contributed by atoms with Crippen molar-refractivity contribution in [2.45, 2.75) is 25.9 Å². The van der Waals surface area contributed by atoms with Gasteiger partial charge in [0, 0.05) is 12.4 Å². The highest BCUT2D eigenvalue weighted by Gasteiger charge is 2.08. The van der Waals surface area contributed by atoms with E-state index in [1.165, 1.54) is 6.20 Å². The Morgan fingerprint density at radius 2 is 2.05 bits per heavy atom. The summed E-state index contributed by atoms with van der Waals surface area (Å²) in [7, 11) is 0.